The molecule has 0 bridgehead atoms. The summed E-state index contributed by atoms with van der Waals surface area (Å²) in [5.74, 6) is -17.2. The third-order valence-corrected chi connectivity index (χ3v) is 9.23. The van der Waals surface area contributed by atoms with Crippen LogP contribution in [-0.4, -0.2) is 36.2 Å². The molecule has 43 heavy (non-hydrogen) atoms. The van der Waals surface area contributed by atoms with Crippen LogP contribution < -0.4 is 0 Å². The Hall–Kier alpha value is -3.33. The molecule has 0 N–H and O–H groups in total. The zero-order valence-corrected chi connectivity index (χ0v) is 23.2. The van der Waals surface area contributed by atoms with Gasteiger partial charge in [-0.05, 0) is 57.7 Å². The number of benzene rings is 3. The van der Waals surface area contributed by atoms with Crippen molar-refractivity contribution in [1.29, 1.82) is 0 Å². The summed E-state index contributed by atoms with van der Waals surface area (Å²) in [4.78, 5) is 12.8. The number of ether oxygens (including phenoxy) is 1. The molecule has 0 heterocycles. The molecular formula is C28H23F11O3S. The topological polar surface area (TPSA) is 35.5 Å². The van der Waals surface area contributed by atoms with E-state index in [9.17, 15) is 48.7 Å². The normalized spacial score (nSPS) is 15.5. The molecule has 15 heteroatoms. The first kappa shape index (κ1) is 34.2. The minimum Gasteiger partial charge on any atom is -0.397 e. The zero-order chi connectivity index (χ0) is 32.7. The summed E-state index contributed by atoms with van der Waals surface area (Å²) in [6, 6.07) is 19.1. The molecule has 0 fully saturated rings. The molecule has 0 saturated carbocycles. The van der Waals surface area contributed by atoms with Gasteiger partial charge in [0.1, 0.15) is 0 Å². The van der Waals surface area contributed by atoms with E-state index in [0.29, 0.717) is 5.56 Å². The van der Waals surface area contributed by atoms with Gasteiger partial charge in [0.2, 0.25) is 0 Å². The van der Waals surface area contributed by atoms with Gasteiger partial charge in [-0.2, -0.15) is 48.3 Å². The first-order chi connectivity index (χ1) is 19.5. The van der Waals surface area contributed by atoms with Crippen molar-refractivity contribution in [3.05, 3.63) is 90.5 Å². The van der Waals surface area contributed by atoms with E-state index >= 15 is 4.39 Å². The zero-order valence-electron chi connectivity index (χ0n) is 22.4. The van der Waals surface area contributed by atoms with E-state index in [0.717, 1.165) is 0 Å². The summed E-state index contributed by atoms with van der Waals surface area (Å²) in [7, 11) is -3.88. The average Bonchev–Trinajstić information content (AvgIpc) is 2.90. The lowest BCUT2D eigenvalue weighted by atomic mass is 9.87. The van der Waals surface area contributed by atoms with Crippen molar-refractivity contribution >= 4 is 16.3 Å². The van der Waals surface area contributed by atoms with Gasteiger partial charge in [-0.3, -0.25) is 4.74 Å². The highest BCUT2D eigenvalue weighted by molar-refractivity contribution is 8.30. The fourth-order valence-corrected chi connectivity index (χ4v) is 6.75. The number of hydrogen-bond acceptors (Lipinski definition) is 3. The standard InChI is InChI=1S/C28H23F11O3S/c1-23(2,3)18-14-16-21(17-15-18)43(19-10-6-4-7-11-19,20-12-8-5-9-13-20)41-22(40)24(29,26(32,33)34)42-28(38,39)25(30,31)27(35,36)37/h4-17H,1-3H3. The van der Waals surface area contributed by atoms with E-state index in [1.807, 2.05) is 20.8 Å². The largest absolute Gasteiger partial charge is 0.462 e. The van der Waals surface area contributed by atoms with E-state index in [4.69, 9.17) is 4.18 Å². The highest BCUT2D eigenvalue weighted by Gasteiger charge is 2.80. The second-order valence-electron chi connectivity index (χ2n) is 10.1. The van der Waals surface area contributed by atoms with Crippen molar-refractivity contribution in [3.63, 3.8) is 0 Å². The Balaban J connectivity index is 2.31. The summed E-state index contributed by atoms with van der Waals surface area (Å²) in [6.45, 7) is 5.47. The third kappa shape index (κ3) is 6.33. The van der Waals surface area contributed by atoms with Gasteiger partial charge < -0.3 is 4.18 Å². The molecule has 0 amide bonds. The number of hydrogen-bond donors (Lipinski definition) is 0. The SMILES string of the molecule is CC(C)(C)c1ccc(S(OC(=O)C(F)(OC(F)(F)C(F)(F)C(F)(F)F)C(F)(F)F)(c2ccccc2)c2ccccc2)cc1. The number of halogens is 11. The van der Waals surface area contributed by atoms with Gasteiger partial charge >= 0.3 is 36.2 Å². The second-order valence-corrected chi connectivity index (χ2v) is 12.8. The van der Waals surface area contributed by atoms with Crippen LogP contribution in [-0.2, 0) is 19.1 Å². The summed E-state index contributed by atoms with van der Waals surface area (Å²) >= 11 is 0. The Bertz CT molecular complexity index is 1360. The molecule has 1 atom stereocenters. The Morgan fingerprint density at radius 1 is 0.581 bits per heavy atom. The molecule has 3 nitrogen and oxygen atoms in total. The van der Waals surface area contributed by atoms with Crippen molar-refractivity contribution in [2.45, 2.75) is 71.1 Å². The van der Waals surface area contributed by atoms with Gasteiger partial charge in [-0.1, -0.05) is 69.3 Å². The number of carbonyl (C=O) groups excluding carboxylic acids is 1. The van der Waals surface area contributed by atoms with Crippen LogP contribution in [0.2, 0.25) is 0 Å². The molecule has 3 aromatic carbocycles. The molecular weight excluding hydrogens is 625 g/mol. The lowest BCUT2D eigenvalue weighted by Gasteiger charge is -2.42. The maximum absolute atomic E-state index is 15.4. The fraction of sp³-hybridized carbons (Fsp3) is 0.321. The summed E-state index contributed by atoms with van der Waals surface area (Å²) < 4.78 is 158. The third-order valence-electron chi connectivity index (χ3n) is 6.02. The Morgan fingerprint density at radius 2 is 0.977 bits per heavy atom. The molecule has 1 unspecified atom stereocenters. The van der Waals surface area contributed by atoms with Crippen molar-refractivity contribution in [1.82, 2.24) is 0 Å². The summed E-state index contributed by atoms with van der Waals surface area (Å²) in [5, 5.41) is 0. The quantitative estimate of drug-likeness (QED) is 0.228. The molecule has 236 valence electrons. The second kappa shape index (κ2) is 11.3. The van der Waals surface area contributed by atoms with Gasteiger partial charge in [-0.25, -0.2) is 4.79 Å². The van der Waals surface area contributed by atoms with Gasteiger partial charge in [0.15, 0.2) is 0 Å². The number of rotatable bonds is 8. The van der Waals surface area contributed by atoms with Gasteiger partial charge in [0.05, 0.1) is 0 Å². The highest BCUT2D eigenvalue weighted by atomic mass is 32.3. The molecule has 0 aliphatic carbocycles. The van der Waals surface area contributed by atoms with Gasteiger partial charge in [0, 0.05) is 14.7 Å². The minimum absolute atomic E-state index is 0.0804. The first-order valence-corrected chi connectivity index (χ1v) is 13.6. The predicted octanol–water partition coefficient (Wildman–Crippen LogP) is 9.76. The van der Waals surface area contributed by atoms with Crippen molar-refractivity contribution < 1.29 is 62.0 Å². The van der Waals surface area contributed by atoms with Gasteiger partial charge in [0.25, 0.3) is 0 Å². The molecule has 3 aromatic rings. The van der Waals surface area contributed by atoms with Crippen LogP contribution in [0.5, 0.6) is 0 Å². The predicted molar refractivity (Wildman–Crippen MR) is 133 cm³/mol. The van der Waals surface area contributed by atoms with E-state index in [2.05, 4.69) is 4.74 Å². The fourth-order valence-electron chi connectivity index (χ4n) is 3.71. The molecule has 0 spiro atoms. The maximum atomic E-state index is 15.4. The Morgan fingerprint density at radius 3 is 1.33 bits per heavy atom. The van der Waals surface area contributed by atoms with Crippen LogP contribution in [0.3, 0.4) is 0 Å². The van der Waals surface area contributed by atoms with Crippen LogP contribution in [0.15, 0.2) is 99.6 Å². The van der Waals surface area contributed by atoms with E-state index in [1.165, 1.54) is 84.9 Å². The molecule has 0 aliphatic rings. The average molecular weight is 649 g/mol. The lowest BCUT2D eigenvalue weighted by Crippen LogP contribution is -2.61. The molecule has 0 aromatic heterocycles. The van der Waals surface area contributed by atoms with Crippen LogP contribution in [0, 0.1) is 0 Å². The van der Waals surface area contributed by atoms with Crippen molar-refractivity contribution in [3.8, 4) is 0 Å². The first-order valence-electron chi connectivity index (χ1n) is 12.1. The van der Waals surface area contributed by atoms with Crippen LogP contribution in [0.1, 0.15) is 26.3 Å². The smallest absolute Gasteiger partial charge is 0.397 e. The van der Waals surface area contributed by atoms with Crippen LogP contribution in [0.25, 0.3) is 0 Å². The Kier molecular flexibility index (Phi) is 8.98. The summed E-state index contributed by atoms with van der Waals surface area (Å²) in [6.07, 6.45) is -21.3. The number of carbonyl (C=O) groups is 1. The number of alkyl halides is 11. The van der Waals surface area contributed by atoms with Crippen LogP contribution >= 0.6 is 10.3 Å². The molecule has 0 aliphatic heterocycles. The minimum atomic E-state index is -7.34. The van der Waals surface area contributed by atoms with Crippen molar-refractivity contribution in [2.75, 3.05) is 0 Å². The Labute approximate surface area is 240 Å². The molecule has 0 radical (unpaired) electrons. The van der Waals surface area contributed by atoms with Crippen LogP contribution in [0.4, 0.5) is 48.3 Å². The lowest BCUT2D eigenvalue weighted by molar-refractivity contribution is -0.474. The van der Waals surface area contributed by atoms with Crippen molar-refractivity contribution in [2.24, 2.45) is 0 Å². The van der Waals surface area contributed by atoms with E-state index in [1.54, 1.807) is 0 Å². The molecule has 0 saturated heterocycles. The van der Waals surface area contributed by atoms with E-state index < -0.39 is 51.9 Å². The van der Waals surface area contributed by atoms with E-state index in [-0.39, 0.29) is 14.7 Å². The van der Waals surface area contributed by atoms with Gasteiger partial charge in [-0.15, -0.1) is 0 Å². The molecule has 3 rings (SSSR count). The monoisotopic (exact) mass is 648 g/mol. The maximum Gasteiger partial charge on any atom is 0.462 e. The highest BCUT2D eigenvalue weighted by Crippen LogP contribution is 2.70. The summed E-state index contributed by atoms with van der Waals surface area (Å²) in [5.41, 5.74) is 0.227.